The number of hydrogen-bond acceptors (Lipinski definition) is 7. The second kappa shape index (κ2) is 9.61. The molecule has 164 valence electrons. The summed E-state index contributed by atoms with van der Waals surface area (Å²) in [5.41, 5.74) is 0. The lowest BCUT2D eigenvalue weighted by Gasteiger charge is -2.35. The molecule has 30 heavy (non-hydrogen) atoms. The third kappa shape index (κ3) is 5.20. The van der Waals surface area contributed by atoms with Crippen molar-refractivity contribution in [1.82, 2.24) is 14.3 Å². The molecule has 0 bridgehead atoms. The normalized spacial score (nSPS) is 15.3. The van der Waals surface area contributed by atoms with Crippen LogP contribution in [-0.4, -0.2) is 69.6 Å². The van der Waals surface area contributed by atoms with Crippen molar-refractivity contribution in [1.29, 1.82) is 0 Å². The molecule has 1 fully saturated rings. The summed E-state index contributed by atoms with van der Waals surface area (Å²) < 4.78 is 33.2. The second-order valence-electron chi connectivity index (χ2n) is 7.59. The quantitative estimate of drug-likeness (QED) is 0.592. The lowest BCUT2D eigenvalue weighted by molar-refractivity contribution is 0.309. The van der Waals surface area contributed by atoms with Crippen LogP contribution in [0, 0.1) is 6.92 Å². The molecule has 0 spiro atoms. The molecular weight excluding hydrogens is 402 g/mol. The van der Waals surface area contributed by atoms with Gasteiger partial charge in [-0.25, -0.2) is 18.4 Å². The molecule has 1 aliphatic heterocycles. The van der Waals surface area contributed by atoms with E-state index < -0.39 is 10.0 Å². The van der Waals surface area contributed by atoms with Gasteiger partial charge in [-0.05, 0) is 37.6 Å². The number of rotatable bonds is 8. The van der Waals surface area contributed by atoms with E-state index in [0.29, 0.717) is 49.3 Å². The first kappa shape index (κ1) is 22.3. The lowest BCUT2D eigenvalue weighted by atomic mass is 10.3. The van der Waals surface area contributed by atoms with E-state index >= 15 is 0 Å². The maximum atomic E-state index is 13.0. The number of anilines is 2. The van der Waals surface area contributed by atoms with Gasteiger partial charge in [0.25, 0.3) is 0 Å². The Bertz CT molecular complexity index is 940. The van der Waals surface area contributed by atoms with Crippen molar-refractivity contribution in [3.05, 3.63) is 36.2 Å². The summed E-state index contributed by atoms with van der Waals surface area (Å²) in [6, 6.07) is 8.64. The molecule has 2 heterocycles. The standard InChI is InChI=1S/C21H31N5O3S/c1-5-6-15-29-18-7-9-19(10-8-18)30(27,28)26-13-11-25(12-14-26)21-16-20(24(3)4)22-17(2)23-21/h7-10,16H,5-6,11-15H2,1-4H3. The minimum atomic E-state index is -3.53. The molecular formula is C21H31N5O3S. The van der Waals surface area contributed by atoms with Gasteiger partial charge >= 0.3 is 0 Å². The van der Waals surface area contributed by atoms with E-state index in [9.17, 15) is 8.42 Å². The molecule has 0 atom stereocenters. The number of benzene rings is 1. The summed E-state index contributed by atoms with van der Waals surface area (Å²) in [6.45, 7) is 6.61. The van der Waals surface area contributed by atoms with Crippen LogP contribution in [0.3, 0.4) is 0 Å². The van der Waals surface area contributed by atoms with Gasteiger partial charge in [-0.1, -0.05) is 13.3 Å². The third-order valence-electron chi connectivity index (χ3n) is 5.06. The molecule has 1 aromatic carbocycles. The van der Waals surface area contributed by atoms with Gasteiger partial charge in [-0.3, -0.25) is 0 Å². The summed E-state index contributed by atoms with van der Waals surface area (Å²) in [4.78, 5) is 13.3. The van der Waals surface area contributed by atoms with Crippen molar-refractivity contribution < 1.29 is 13.2 Å². The number of unbranched alkanes of at least 4 members (excludes halogenated alkanes) is 1. The molecule has 0 radical (unpaired) electrons. The summed E-state index contributed by atoms with van der Waals surface area (Å²) in [7, 11) is 0.352. The molecule has 9 heteroatoms. The van der Waals surface area contributed by atoms with Crippen LogP contribution in [0.1, 0.15) is 25.6 Å². The smallest absolute Gasteiger partial charge is 0.243 e. The topological polar surface area (TPSA) is 78.9 Å². The molecule has 1 aliphatic rings. The Labute approximate surface area is 179 Å². The first-order chi connectivity index (χ1) is 14.3. The largest absolute Gasteiger partial charge is 0.494 e. The molecule has 0 amide bonds. The van der Waals surface area contributed by atoms with Gasteiger partial charge in [-0.15, -0.1) is 0 Å². The summed E-state index contributed by atoms with van der Waals surface area (Å²) >= 11 is 0. The van der Waals surface area contributed by atoms with Gasteiger partial charge in [0.05, 0.1) is 11.5 Å². The summed E-state index contributed by atoms with van der Waals surface area (Å²) in [6.07, 6.45) is 2.04. The number of nitrogens with zero attached hydrogens (tertiary/aromatic N) is 5. The van der Waals surface area contributed by atoms with Crippen LogP contribution in [0.25, 0.3) is 0 Å². The molecule has 1 aromatic heterocycles. The highest BCUT2D eigenvalue weighted by molar-refractivity contribution is 7.89. The van der Waals surface area contributed by atoms with Crippen LogP contribution >= 0.6 is 0 Å². The predicted octanol–water partition coefficient (Wildman–Crippen LogP) is 2.54. The Kier molecular flexibility index (Phi) is 7.14. The van der Waals surface area contributed by atoms with E-state index in [4.69, 9.17) is 4.74 Å². The Morgan fingerprint density at radius 2 is 1.73 bits per heavy atom. The first-order valence-corrected chi connectivity index (χ1v) is 11.8. The maximum Gasteiger partial charge on any atom is 0.243 e. The third-order valence-corrected chi connectivity index (χ3v) is 6.97. The monoisotopic (exact) mass is 433 g/mol. The van der Waals surface area contributed by atoms with E-state index in [1.807, 2.05) is 32.0 Å². The van der Waals surface area contributed by atoms with E-state index in [1.54, 1.807) is 24.3 Å². The Balaban J connectivity index is 1.65. The van der Waals surface area contributed by atoms with Crippen molar-refractivity contribution in [3.63, 3.8) is 0 Å². The van der Waals surface area contributed by atoms with Gasteiger partial charge in [0.2, 0.25) is 10.0 Å². The summed E-state index contributed by atoms with van der Waals surface area (Å²) in [5.74, 6) is 3.07. The van der Waals surface area contributed by atoms with Crippen LogP contribution in [-0.2, 0) is 10.0 Å². The number of aryl methyl sites for hydroxylation is 1. The molecule has 8 nitrogen and oxygen atoms in total. The number of ether oxygens (including phenoxy) is 1. The van der Waals surface area contributed by atoms with Crippen LogP contribution in [0.15, 0.2) is 35.2 Å². The minimum absolute atomic E-state index is 0.298. The predicted molar refractivity (Wildman–Crippen MR) is 119 cm³/mol. The lowest BCUT2D eigenvalue weighted by Crippen LogP contribution is -2.49. The second-order valence-corrected chi connectivity index (χ2v) is 9.53. The minimum Gasteiger partial charge on any atom is -0.494 e. The zero-order chi connectivity index (χ0) is 21.7. The van der Waals surface area contributed by atoms with E-state index in [2.05, 4.69) is 21.8 Å². The van der Waals surface area contributed by atoms with Gasteiger partial charge < -0.3 is 14.5 Å². The number of piperazine rings is 1. The first-order valence-electron chi connectivity index (χ1n) is 10.3. The fraction of sp³-hybridized carbons (Fsp3) is 0.524. The van der Waals surface area contributed by atoms with Crippen molar-refractivity contribution in [2.24, 2.45) is 0 Å². The van der Waals surface area contributed by atoms with E-state index in [1.165, 1.54) is 4.31 Å². The van der Waals surface area contributed by atoms with E-state index in [-0.39, 0.29) is 0 Å². The van der Waals surface area contributed by atoms with Crippen molar-refractivity contribution in [2.45, 2.75) is 31.6 Å². The number of hydrogen-bond donors (Lipinski definition) is 0. The van der Waals surface area contributed by atoms with Crippen LogP contribution in [0.4, 0.5) is 11.6 Å². The number of sulfonamides is 1. The zero-order valence-corrected chi connectivity index (χ0v) is 19.0. The van der Waals surface area contributed by atoms with Gasteiger partial charge in [0, 0.05) is 46.3 Å². The van der Waals surface area contributed by atoms with Gasteiger partial charge in [0.15, 0.2) is 0 Å². The molecule has 3 rings (SSSR count). The maximum absolute atomic E-state index is 13.0. The van der Waals surface area contributed by atoms with E-state index in [0.717, 1.165) is 24.5 Å². The van der Waals surface area contributed by atoms with Gasteiger partial charge in [-0.2, -0.15) is 4.31 Å². The Hall–Kier alpha value is -2.39. The average Bonchev–Trinajstić information content (AvgIpc) is 2.74. The highest BCUT2D eigenvalue weighted by Gasteiger charge is 2.29. The molecule has 0 saturated carbocycles. The molecule has 1 saturated heterocycles. The average molecular weight is 434 g/mol. The fourth-order valence-corrected chi connectivity index (χ4v) is 4.70. The summed E-state index contributed by atoms with van der Waals surface area (Å²) in [5, 5.41) is 0. The van der Waals surface area contributed by atoms with Gasteiger partial charge in [0.1, 0.15) is 23.2 Å². The van der Waals surface area contributed by atoms with Crippen LogP contribution < -0.4 is 14.5 Å². The SMILES string of the molecule is CCCCOc1ccc(S(=O)(=O)N2CCN(c3cc(N(C)C)nc(C)n3)CC2)cc1. The highest BCUT2D eigenvalue weighted by Crippen LogP contribution is 2.23. The van der Waals surface area contributed by atoms with Crippen LogP contribution in [0.5, 0.6) is 5.75 Å². The van der Waals surface area contributed by atoms with Crippen molar-refractivity contribution >= 4 is 21.7 Å². The molecule has 2 aromatic rings. The van der Waals surface area contributed by atoms with Crippen molar-refractivity contribution in [2.75, 3.05) is 56.7 Å². The zero-order valence-electron chi connectivity index (χ0n) is 18.2. The molecule has 0 aliphatic carbocycles. The van der Waals surface area contributed by atoms with Crippen LogP contribution in [0.2, 0.25) is 0 Å². The Morgan fingerprint density at radius 3 is 2.33 bits per heavy atom. The molecule has 0 N–H and O–H groups in total. The van der Waals surface area contributed by atoms with Crippen molar-refractivity contribution in [3.8, 4) is 5.75 Å². The number of aromatic nitrogens is 2. The Morgan fingerprint density at radius 1 is 1.07 bits per heavy atom. The highest BCUT2D eigenvalue weighted by atomic mass is 32.2. The molecule has 0 unspecified atom stereocenters. The fourth-order valence-electron chi connectivity index (χ4n) is 3.28.